The first-order valence-corrected chi connectivity index (χ1v) is 11.7. The van der Waals surface area contributed by atoms with E-state index in [2.05, 4.69) is 50.4 Å². The maximum atomic E-state index is 12.9. The number of carbonyl (C=O) groups is 1. The van der Waals surface area contributed by atoms with Crippen LogP contribution >= 0.6 is 0 Å². The number of carbonyl (C=O) groups excluding carboxylic acids is 1. The van der Waals surface area contributed by atoms with Gasteiger partial charge >= 0.3 is 0 Å². The summed E-state index contributed by atoms with van der Waals surface area (Å²) < 4.78 is 1.80. The number of anilines is 1. The van der Waals surface area contributed by atoms with Gasteiger partial charge in [0.2, 0.25) is 5.91 Å². The molecule has 1 aliphatic heterocycles. The maximum Gasteiger partial charge on any atom is 0.228 e. The zero-order chi connectivity index (χ0) is 22.1. The Bertz CT molecular complexity index is 1090. The fraction of sp³-hybridized carbons (Fsp3) is 0.480. The number of nitrogens with one attached hydrogen (secondary N) is 1. The molecule has 1 aromatic carbocycles. The summed E-state index contributed by atoms with van der Waals surface area (Å²) in [5.74, 6) is 0.821. The summed E-state index contributed by atoms with van der Waals surface area (Å²) in [7, 11) is 4.11. The Morgan fingerprint density at radius 2 is 1.72 bits per heavy atom. The molecule has 1 aliphatic carbocycles. The van der Waals surface area contributed by atoms with Crippen LogP contribution < -0.4 is 5.32 Å². The van der Waals surface area contributed by atoms with E-state index < -0.39 is 0 Å². The van der Waals surface area contributed by atoms with Crippen molar-refractivity contribution < 1.29 is 4.79 Å². The van der Waals surface area contributed by atoms with Crippen LogP contribution in [0, 0.1) is 5.92 Å². The zero-order valence-electron chi connectivity index (χ0n) is 19.0. The summed E-state index contributed by atoms with van der Waals surface area (Å²) in [6, 6.07) is 8.89. The summed E-state index contributed by atoms with van der Waals surface area (Å²) in [5.41, 5.74) is 2.19. The molecule has 1 saturated heterocycles. The minimum absolute atomic E-state index is 0.0814. The monoisotopic (exact) mass is 432 g/mol. The van der Waals surface area contributed by atoms with Crippen LogP contribution in [-0.2, 0) is 11.8 Å². The highest BCUT2D eigenvalue weighted by Crippen LogP contribution is 2.30. The lowest BCUT2D eigenvalue weighted by Crippen LogP contribution is -2.50. The summed E-state index contributed by atoms with van der Waals surface area (Å²) in [4.78, 5) is 22.4. The van der Waals surface area contributed by atoms with E-state index in [0.717, 1.165) is 73.8 Å². The van der Waals surface area contributed by atoms with Crippen molar-refractivity contribution in [1.29, 1.82) is 0 Å². The van der Waals surface area contributed by atoms with E-state index in [1.807, 2.05) is 31.7 Å². The molecule has 7 nitrogen and oxygen atoms in total. The van der Waals surface area contributed by atoms with E-state index in [1.165, 1.54) is 0 Å². The number of hydrogen-bond acceptors (Lipinski definition) is 5. The maximum absolute atomic E-state index is 12.9. The van der Waals surface area contributed by atoms with E-state index in [9.17, 15) is 4.79 Å². The molecule has 2 aliphatic rings. The first-order valence-electron chi connectivity index (χ1n) is 11.7. The van der Waals surface area contributed by atoms with E-state index >= 15 is 0 Å². The molecule has 3 heterocycles. The molecule has 0 bridgehead atoms. The second-order valence-electron chi connectivity index (χ2n) is 9.37. The number of hydrogen-bond donors (Lipinski definition) is 1. The number of pyridine rings is 1. The lowest BCUT2D eigenvalue weighted by Gasteiger charge is -2.40. The number of amides is 1. The van der Waals surface area contributed by atoms with Crippen molar-refractivity contribution in [3.05, 3.63) is 42.9 Å². The second kappa shape index (κ2) is 9.00. The molecule has 168 valence electrons. The van der Waals surface area contributed by atoms with Crippen molar-refractivity contribution in [2.24, 2.45) is 13.0 Å². The van der Waals surface area contributed by atoms with E-state index in [-0.39, 0.29) is 11.8 Å². The van der Waals surface area contributed by atoms with Crippen LogP contribution in [0.25, 0.3) is 21.9 Å². The van der Waals surface area contributed by atoms with Gasteiger partial charge in [-0.2, -0.15) is 5.10 Å². The van der Waals surface area contributed by atoms with E-state index in [1.54, 1.807) is 4.68 Å². The van der Waals surface area contributed by atoms with Gasteiger partial charge in [0.15, 0.2) is 0 Å². The van der Waals surface area contributed by atoms with Crippen molar-refractivity contribution in [2.75, 3.05) is 38.5 Å². The number of piperazine rings is 1. The molecular formula is C25H32N6O. The molecule has 32 heavy (non-hydrogen) atoms. The predicted molar refractivity (Wildman–Crippen MR) is 127 cm³/mol. The second-order valence-corrected chi connectivity index (χ2v) is 9.37. The molecule has 0 unspecified atom stereocenters. The van der Waals surface area contributed by atoms with Gasteiger partial charge < -0.3 is 10.2 Å². The molecule has 7 heteroatoms. The van der Waals surface area contributed by atoms with Gasteiger partial charge in [0, 0.05) is 68.5 Å². The Labute approximate surface area is 189 Å². The highest BCUT2D eigenvalue weighted by Gasteiger charge is 2.30. The van der Waals surface area contributed by atoms with Crippen molar-refractivity contribution >= 4 is 22.5 Å². The predicted octanol–water partition coefficient (Wildman–Crippen LogP) is 3.38. The number of aryl methyl sites for hydroxylation is 1. The van der Waals surface area contributed by atoms with Crippen molar-refractivity contribution in [3.63, 3.8) is 0 Å². The molecule has 3 aromatic rings. The Morgan fingerprint density at radius 1 is 0.938 bits per heavy atom. The number of nitrogens with zero attached hydrogens (tertiary/aromatic N) is 5. The first kappa shape index (κ1) is 21.1. The number of rotatable bonds is 4. The highest BCUT2D eigenvalue weighted by molar-refractivity contribution is 5.95. The van der Waals surface area contributed by atoms with Gasteiger partial charge in [0.25, 0.3) is 0 Å². The van der Waals surface area contributed by atoms with Crippen molar-refractivity contribution in [1.82, 2.24) is 24.6 Å². The van der Waals surface area contributed by atoms with Gasteiger partial charge in [-0.05, 0) is 55.8 Å². The normalized spacial score (nSPS) is 22.8. The average Bonchev–Trinajstić information content (AvgIpc) is 3.25. The summed E-state index contributed by atoms with van der Waals surface area (Å²) in [6.45, 7) is 4.60. The highest BCUT2D eigenvalue weighted by atomic mass is 16.1. The fourth-order valence-corrected chi connectivity index (χ4v) is 5.08. The minimum atomic E-state index is 0.0814. The SMILES string of the molecule is CN1CCN([C@H]2CC[C@@H](C(=O)Nc3cc4cc(-c5cnn(C)c5)ccc4cn3)CC2)CC1. The smallest absolute Gasteiger partial charge is 0.228 e. The molecule has 1 amide bonds. The molecule has 0 radical (unpaired) electrons. The average molecular weight is 433 g/mol. The fourth-order valence-electron chi connectivity index (χ4n) is 5.08. The molecule has 1 saturated carbocycles. The molecule has 2 fully saturated rings. The first-order chi connectivity index (χ1) is 15.5. The van der Waals surface area contributed by atoms with Gasteiger partial charge in [0.1, 0.15) is 5.82 Å². The number of aromatic nitrogens is 3. The Balaban J connectivity index is 1.22. The third-order valence-corrected chi connectivity index (χ3v) is 7.13. The van der Waals surface area contributed by atoms with Crippen LogP contribution in [0.5, 0.6) is 0 Å². The molecule has 5 rings (SSSR count). The van der Waals surface area contributed by atoms with Crippen LogP contribution in [-0.4, -0.2) is 69.7 Å². The number of benzene rings is 1. The standard InChI is InChI=1S/C25H32N6O/c1-29-9-11-31(12-10-29)23-7-5-18(6-8-23)25(32)28-24-14-21-13-19(3-4-20(21)15-26-24)22-16-27-30(2)17-22/h3-4,13-18,23H,5-12H2,1-2H3,(H,26,28,32)/t18-,23+. The number of likely N-dealkylation sites (N-methyl/N-ethyl adjacent to an activating group) is 1. The summed E-state index contributed by atoms with van der Waals surface area (Å²) in [6.07, 6.45) is 9.85. The lowest BCUT2D eigenvalue weighted by atomic mass is 9.84. The topological polar surface area (TPSA) is 66.3 Å². The van der Waals surface area contributed by atoms with Gasteiger partial charge in [-0.25, -0.2) is 4.98 Å². The van der Waals surface area contributed by atoms with Crippen LogP contribution in [0.3, 0.4) is 0 Å². The van der Waals surface area contributed by atoms with Gasteiger partial charge in [-0.1, -0.05) is 12.1 Å². The van der Waals surface area contributed by atoms with Gasteiger partial charge in [-0.15, -0.1) is 0 Å². The summed E-state index contributed by atoms with van der Waals surface area (Å²) >= 11 is 0. The quantitative estimate of drug-likeness (QED) is 0.685. The van der Waals surface area contributed by atoms with E-state index in [0.29, 0.717) is 11.9 Å². The van der Waals surface area contributed by atoms with Crippen molar-refractivity contribution in [3.8, 4) is 11.1 Å². The summed E-state index contributed by atoms with van der Waals surface area (Å²) in [5, 5.41) is 9.47. The largest absolute Gasteiger partial charge is 0.310 e. The molecule has 1 N–H and O–H groups in total. The Morgan fingerprint density at radius 3 is 2.44 bits per heavy atom. The zero-order valence-corrected chi connectivity index (χ0v) is 19.0. The van der Waals surface area contributed by atoms with Crippen LogP contribution in [0.15, 0.2) is 42.9 Å². The van der Waals surface area contributed by atoms with E-state index in [4.69, 9.17) is 0 Å². The Hall–Kier alpha value is -2.77. The van der Waals surface area contributed by atoms with Gasteiger partial charge in [-0.3, -0.25) is 14.4 Å². The van der Waals surface area contributed by atoms with Crippen LogP contribution in [0.2, 0.25) is 0 Å². The van der Waals surface area contributed by atoms with Crippen molar-refractivity contribution in [2.45, 2.75) is 31.7 Å². The molecule has 0 spiro atoms. The molecule has 2 aromatic heterocycles. The van der Waals surface area contributed by atoms with Gasteiger partial charge in [0.05, 0.1) is 6.20 Å². The molecule has 0 atom stereocenters. The lowest BCUT2D eigenvalue weighted by molar-refractivity contribution is -0.121. The molecular weight excluding hydrogens is 400 g/mol. The third kappa shape index (κ3) is 4.54. The number of fused-ring (bicyclic) bond motifs is 1. The minimum Gasteiger partial charge on any atom is -0.310 e. The van der Waals surface area contributed by atoms with Crippen LogP contribution in [0.4, 0.5) is 5.82 Å². The third-order valence-electron chi connectivity index (χ3n) is 7.13. The Kier molecular flexibility index (Phi) is 5.93. The van der Waals surface area contributed by atoms with Crippen LogP contribution in [0.1, 0.15) is 25.7 Å².